The smallest absolute Gasteiger partial charge is 0.238 e. The van der Waals surface area contributed by atoms with Gasteiger partial charge in [-0.15, -0.1) is 0 Å². The largest absolute Gasteiger partial charge is 0.497 e. The van der Waals surface area contributed by atoms with Crippen LogP contribution in [0.15, 0.2) is 36.4 Å². The lowest BCUT2D eigenvalue weighted by Crippen LogP contribution is -2.33. The van der Waals surface area contributed by atoms with E-state index in [-0.39, 0.29) is 11.9 Å². The molecule has 0 bridgehead atoms. The minimum atomic E-state index is -0.0634. The molecule has 2 heterocycles. The van der Waals surface area contributed by atoms with Gasteiger partial charge in [0.1, 0.15) is 11.5 Å². The van der Waals surface area contributed by atoms with Crippen molar-refractivity contribution >= 4 is 11.6 Å². The molecule has 7 nitrogen and oxygen atoms in total. The Morgan fingerprint density at radius 3 is 2.50 bits per heavy atom. The lowest BCUT2D eigenvalue weighted by molar-refractivity contribution is -0.117. The molecule has 2 aliphatic heterocycles. The van der Waals surface area contributed by atoms with Crippen LogP contribution in [0.1, 0.15) is 30.9 Å². The number of ether oxygens (including phenoxy) is 4. The molecule has 160 valence electrons. The minimum Gasteiger partial charge on any atom is -0.497 e. The second kappa shape index (κ2) is 9.26. The van der Waals surface area contributed by atoms with Gasteiger partial charge in [-0.1, -0.05) is 6.07 Å². The first kappa shape index (κ1) is 20.3. The summed E-state index contributed by atoms with van der Waals surface area (Å²) in [6.07, 6.45) is 2.95. The van der Waals surface area contributed by atoms with Gasteiger partial charge < -0.3 is 24.3 Å². The molecule has 1 N–H and O–H groups in total. The minimum absolute atomic E-state index is 0.0634. The van der Waals surface area contributed by atoms with E-state index >= 15 is 0 Å². The van der Waals surface area contributed by atoms with Gasteiger partial charge in [-0.2, -0.15) is 0 Å². The number of carbonyl (C=O) groups excluding carboxylic acids is 1. The van der Waals surface area contributed by atoms with Crippen molar-refractivity contribution in [2.45, 2.75) is 25.3 Å². The van der Waals surface area contributed by atoms with Crippen LogP contribution in [0.25, 0.3) is 0 Å². The van der Waals surface area contributed by atoms with E-state index in [4.69, 9.17) is 18.9 Å². The molecule has 2 aromatic carbocycles. The molecule has 1 atom stereocenters. The molecule has 0 saturated carbocycles. The van der Waals surface area contributed by atoms with Gasteiger partial charge in [0, 0.05) is 36.3 Å². The maximum atomic E-state index is 12.7. The molecule has 2 aliphatic rings. The summed E-state index contributed by atoms with van der Waals surface area (Å²) in [5.74, 6) is 2.80. The number of nitrogens with zero attached hydrogens (tertiary/aromatic N) is 1. The second-order valence-corrected chi connectivity index (χ2v) is 7.53. The Balaban J connectivity index is 1.44. The fourth-order valence-electron chi connectivity index (χ4n) is 4.04. The number of likely N-dealkylation sites (tertiary alicyclic amines) is 1. The van der Waals surface area contributed by atoms with Gasteiger partial charge in [0.2, 0.25) is 5.91 Å². The highest BCUT2D eigenvalue weighted by atomic mass is 16.5. The van der Waals surface area contributed by atoms with Gasteiger partial charge >= 0.3 is 0 Å². The zero-order valence-electron chi connectivity index (χ0n) is 17.5. The van der Waals surface area contributed by atoms with Crippen molar-refractivity contribution in [3.8, 4) is 23.0 Å². The maximum absolute atomic E-state index is 12.7. The summed E-state index contributed by atoms with van der Waals surface area (Å²) >= 11 is 0. The maximum Gasteiger partial charge on any atom is 0.238 e. The van der Waals surface area contributed by atoms with E-state index in [0.29, 0.717) is 36.9 Å². The summed E-state index contributed by atoms with van der Waals surface area (Å²) in [5, 5.41) is 2.96. The number of methoxy groups -OCH3 is 2. The van der Waals surface area contributed by atoms with Gasteiger partial charge in [-0.3, -0.25) is 9.69 Å². The normalized spacial score (nSPS) is 18.5. The van der Waals surface area contributed by atoms with Gasteiger partial charge in [0.25, 0.3) is 0 Å². The van der Waals surface area contributed by atoms with E-state index in [1.165, 1.54) is 0 Å². The summed E-state index contributed by atoms with van der Waals surface area (Å²) in [6.45, 7) is 2.54. The Morgan fingerprint density at radius 2 is 1.77 bits per heavy atom. The molecule has 7 heteroatoms. The van der Waals surface area contributed by atoms with Gasteiger partial charge in [-0.05, 0) is 37.1 Å². The van der Waals surface area contributed by atoms with Crippen LogP contribution in [0.2, 0.25) is 0 Å². The molecule has 1 fully saturated rings. The standard InChI is InChI=1S/C23H28N2O5/c1-27-18-12-17(13-19(14-18)28-2)24-23(26)15-25-8-3-5-20(25)16-6-7-21-22(11-16)30-10-4-9-29-21/h6-7,11-14,20H,3-5,8-10,15H2,1-2H3,(H,24,26)/t20-/m1/s1. The molecular formula is C23H28N2O5. The highest BCUT2D eigenvalue weighted by Crippen LogP contribution is 2.37. The van der Waals surface area contributed by atoms with Crippen molar-refractivity contribution < 1.29 is 23.7 Å². The summed E-state index contributed by atoms with van der Waals surface area (Å²) in [7, 11) is 3.18. The summed E-state index contributed by atoms with van der Waals surface area (Å²) in [4.78, 5) is 15.0. The summed E-state index contributed by atoms with van der Waals surface area (Å²) in [6, 6.07) is 11.7. The third-order valence-corrected chi connectivity index (χ3v) is 5.50. The van der Waals surface area contributed by atoms with E-state index in [0.717, 1.165) is 42.9 Å². The molecule has 4 rings (SSSR count). The predicted molar refractivity (Wildman–Crippen MR) is 114 cm³/mol. The lowest BCUT2D eigenvalue weighted by Gasteiger charge is -2.25. The van der Waals surface area contributed by atoms with Gasteiger partial charge in [0.05, 0.1) is 34.0 Å². The monoisotopic (exact) mass is 412 g/mol. The van der Waals surface area contributed by atoms with Crippen LogP contribution in [0.5, 0.6) is 23.0 Å². The van der Waals surface area contributed by atoms with Crippen LogP contribution in [0, 0.1) is 0 Å². The van der Waals surface area contributed by atoms with Crippen molar-refractivity contribution in [1.82, 2.24) is 4.90 Å². The number of hydrogen-bond donors (Lipinski definition) is 1. The third-order valence-electron chi connectivity index (χ3n) is 5.50. The highest BCUT2D eigenvalue weighted by molar-refractivity contribution is 5.92. The molecule has 0 spiro atoms. The van der Waals surface area contributed by atoms with Crippen LogP contribution < -0.4 is 24.3 Å². The number of rotatable bonds is 6. The van der Waals surface area contributed by atoms with Crippen molar-refractivity contribution in [3.63, 3.8) is 0 Å². The zero-order valence-corrected chi connectivity index (χ0v) is 17.5. The molecule has 1 saturated heterocycles. The number of hydrogen-bond acceptors (Lipinski definition) is 6. The van der Waals surface area contributed by atoms with Crippen molar-refractivity contribution in [2.75, 3.05) is 45.8 Å². The molecular weight excluding hydrogens is 384 g/mol. The Labute approximate surface area is 176 Å². The first-order chi connectivity index (χ1) is 14.7. The number of benzene rings is 2. The van der Waals surface area contributed by atoms with Crippen LogP contribution in [0.3, 0.4) is 0 Å². The first-order valence-corrected chi connectivity index (χ1v) is 10.3. The lowest BCUT2D eigenvalue weighted by atomic mass is 10.0. The quantitative estimate of drug-likeness (QED) is 0.781. The van der Waals surface area contributed by atoms with Gasteiger partial charge in [-0.25, -0.2) is 0 Å². The average molecular weight is 412 g/mol. The number of anilines is 1. The Morgan fingerprint density at radius 1 is 1.03 bits per heavy atom. The molecule has 2 aromatic rings. The van der Waals surface area contributed by atoms with E-state index in [1.54, 1.807) is 32.4 Å². The molecule has 0 aromatic heterocycles. The van der Waals surface area contributed by atoms with Crippen molar-refractivity contribution in [1.29, 1.82) is 0 Å². The second-order valence-electron chi connectivity index (χ2n) is 7.53. The summed E-state index contributed by atoms with van der Waals surface area (Å²) in [5.41, 5.74) is 1.81. The number of nitrogens with one attached hydrogen (secondary N) is 1. The molecule has 1 amide bonds. The number of amides is 1. The van der Waals surface area contributed by atoms with Crippen LogP contribution in [-0.4, -0.2) is 51.3 Å². The van der Waals surface area contributed by atoms with Gasteiger partial charge in [0.15, 0.2) is 11.5 Å². The first-order valence-electron chi connectivity index (χ1n) is 10.3. The average Bonchev–Trinajstić information content (AvgIpc) is 3.08. The Hall–Kier alpha value is -2.93. The van der Waals surface area contributed by atoms with Crippen molar-refractivity contribution in [2.24, 2.45) is 0 Å². The van der Waals surface area contributed by atoms with Crippen LogP contribution in [0.4, 0.5) is 5.69 Å². The number of carbonyl (C=O) groups is 1. The molecule has 0 aliphatic carbocycles. The SMILES string of the molecule is COc1cc(NC(=O)CN2CCC[C@@H]2c2ccc3c(c2)OCCCO3)cc(OC)c1. The Bertz CT molecular complexity index is 879. The molecule has 30 heavy (non-hydrogen) atoms. The molecule has 0 radical (unpaired) electrons. The van der Waals surface area contributed by atoms with Crippen LogP contribution >= 0.6 is 0 Å². The predicted octanol–water partition coefficient (Wildman–Crippen LogP) is 3.64. The van der Waals surface area contributed by atoms with Crippen LogP contribution in [-0.2, 0) is 4.79 Å². The van der Waals surface area contributed by atoms with E-state index < -0.39 is 0 Å². The zero-order chi connectivity index (χ0) is 20.9. The number of fused-ring (bicyclic) bond motifs is 1. The highest BCUT2D eigenvalue weighted by Gasteiger charge is 2.28. The topological polar surface area (TPSA) is 69.3 Å². The van der Waals surface area contributed by atoms with Crippen molar-refractivity contribution in [3.05, 3.63) is 42.0 Å². The van der Waals surface area contributed by atoms with E-state index in [9.17, 15) is 4.79 Å². The fraction of sp³-hybridized carbons (Fsp3) is 0.435. The van der Waals surface area contributed by atoms with E-state index in [1.807, 2.05) is 6.07 Å². The third kappa shape index (κ3) is 4.62. The Kier molecular flexibility index (Phi) is 6.28. The fourth-order valence-corrected chi connectivity index (χ4v) is 4.04. The van der Waals surface area contributed by atoms with E-state index in [2.05, 4.69) is 22.3 Å². The summed E-state index contributed by atoms with van der Waals surface area (Å²) < 4.78 is 22.1. The molecule has 0 unspecified atom stereocenters.